The Hall–Kier alpha value is -3.22. The minimum atomic E-state index is 0.256. The first-order chi connectivity index (χ1) is 11.8. The maximum absolute atomic E-state index is 5.39. The monoisotopic (exact) mass is 324 g/mol. The molecule has 2 aromatic heterocycles. The van der Waals surface area contributed by atoms with Crippen LogP contribution in [-0.2, 0) is 6.54 Å². The Balaban J connectivity index is 1.50. The summed E-state index contributed by atoms with van der Waals surface area (Å²) in [5.74, 6) is 4.41. The summed E-state index contributed by atoms with van der Waals surface area (Å²) in [5, 5.41) is 6.48. The van der Waals surface area contributed by atoms with Crippen LogP contribution in [0.3, 0.4) is 0 Å². The van der Waals surface area contributed by atoms with Crippen molar-refractivity contribution in [2.24, 2.45) is 0 Å². The fourth-order valence-corrected chi connectivity index (χ4v) is 2.44. The van der Waals surface area contributed by atoms with Crippen LogP contribution in [0.25, 0.3) is 0 Å². The predicted molar refractivity (Wildman–Crippen MR) is 88.7 cm³/mol. The summed E-state index contributed by atoms with van der Waals surface area (Å²) in [7, 11) is 0. The number of benzene rings is 1. The molecule has 0 fully saturated rings. The highest BCUT2D eigenvalue weighted by molar-refractivity contribution is 5.63. The second-order valence-corrected chi connectivity index (χ2v) is 5.31. The molecule has 0 spiro atoms. The van der Waals surface area contributed by atoms with E-state index in [1.165, 1.54) is 0 Å². The molecule has 122 valence electrons. The number of anilines is 3. The number of furan rings is 1. The van der Waals surface area contributed by atoms with Crippen LogP contribution in [0.4, 0.5) is 17.3 Å². The molecule has 7 heteroatoms. The van der Waals surface area contributed by atoms with Gasteiger partial charge in [-0.2, -0.15) is 0 Å². The zero-order valence-electron chi connectivity index (χ0n) is 13.1. The number of nitrogens with one attached hydrogen (secondary N) is 2. The summed E-state index contributed by atoms with van der Waals surface area (Å²) in [6, 6.07) is 11.3. The summed E-state index contributed by atoms with van der Waals surface area (Å²) in [6.07, 6.45) is 1.65. The lowest BCUT2D eigenvalue weighted by molar-refractivity contribution is 0.174. The van der Waals surface area contributed by atoms with E-state index in [1.54, 1.807) is 6.26 Å². The van der Waals surface area contributed by atoms with Crippen LogP contribution >= 0.6 is 0 Å². The number of hydrogen-bond acceptors (Lipinski definition) is 7. The van der Waals surface area contributed by atoms with Crippen molar-refractivity contribution in [3.63, 3.8) is 0 Å². The topological polar surface area (TPSA) is 81.4 Å². The molecule has 2 N–H and O–H groups in total. The van der Waals surface area contributed by atoms with E-state index < -0.39 is 0 Å². The second-order valence-electron chi connectivity index (χ2n) is 5.31. The van der Waals surface area contributed by atoms with E-state index >= 15 is 0 Å². The van der Waals surface area contributed by atoms with Gasteiger partial charge in [0.15, 0.2) is 11.5 Å². The molecule has 24 heavy (non-hydrogen) atoms. The quantitative estimate of drug-likeness (QED) is 0.743. The fourth-order valence-electron chi connectivity index (χ4n) is 2.44. The Labute approximate surface area is 138 Å². The molecule has 0 radical (unpaired) electrons. The Morgan fingerprint density at radius 3 is 2.79 bits per heavy atom. The van der Waals surface area contributed by atoms with Crippen molar-refractivity contribution < 1.29 is 13.9 Å². The number of ether oxygens (including phenoxy) is 2. The lowest BCUT2D eigenvalue weighted by Gasteiger charge is -2.10. The normalized spacial score (nSPS) is 12.2. The molecule has 0 saturated heterocycles. The van der Waals surface area contributed by atoms with Crippen molar-refractivity contribution in [2.45, 2.75) is 13.5 Å². The van der Waals surface area contributed by atoms with Gasteiger partial charge in [-0.15, -0.1) is 0 Å². The van der Waals surface area contributed by atoms with Gasteiger partial charge in [0, 0.05) is 17.8 Å². The molecule has 1 aliphatic heterocycles. The molecular weight excluding hydrogens is 308 g/mol. The highest BCUT2D eigenvalue weighted by atomic mass is 16.7. The van der Waals surface area contributed by atoms with E-state index in [4.69, 9.17) is 13.9 Å². The van der Waals surface area contributed by atoms with Gasteiger partial charge < -0.3 is 24.5 Å². The summed E-state index contributed by atoms with van der Waals surface area (Å²) < 4.78 is 16.0. The van der Waals surface area contributed by atoms with E-state index in [-0.39, 0.29) is 6.79 Å². The molecule has 0 aliphatic carbocycles. The molecule has 0 amide bonds. The van der Waals surface area contributed by atoms with Crippen molar-refractivity contribution in [2.75, 3.05) is 17.4 Å². The number of nitrogens with zero attached hydrogens (tertiary/aromatic N) is 2. The molecule has 7 nitrogen and oxygen atoms in total. The average molecular weight is 324 g/mol. The molecule has 3 heterocycles. The summed E-state index contributed by atoms with van der Waals surface area (Å²) in [4.78, 5) is 8.79. The summed E-state index contributed by atoms with van der Waals surface area (Å²) in [6.45, 7) is 2.67. The molecule has 3 aromatic rings. The average Bonchev–Trinajstić information content (AvgIpc) is 3.23. The molecule has 0 bridgehead atoms. The highest BCUT2D eigenvalue weighted by Crippen LogP contribution is 2.35. The van der Waals surface area contributed by atoms with Gasteiger partial charge in [-0.05, 0) is 31.2 Å². The third kappa shape index (κ3) is 3.10. The SMILES string of the molecule is Cc1nc(NCc2ccco2)cc(Nc2ccc3c(c2)OCO3)n1. The van der Waals surface area contributed by atoms with E-state index in [9.17, 15) is 0 Å². The number of fused-ring (bicyclic) bond motifs is 1. The summed E-state index contributed by atoms with van der Waals surface area (Å²) >= 11 is 0. The smallest absolute Gasteiger partial charge is 0.231 e. The maximum Gasteiger partial charge on any atom is 0.231 e. The number of aromatic nitrogens is 2. The van der Waals surface area contributed by atoms with Gasteiger partial charge in [0.2, 0.25) is 6.79 Å². The first kappa shape index (κ1) is 14.4. The van der Waals surface area contributed by atoms with Crippen molar-refractivity contribution in [3.8, 4) is 11.5 Å². The standard InChI is InChI=1S/C17H16N4O3/c1-11-19-16(18-9-13-3-2-6-22-13)8-17(20-11)21-12-4-5-14-15(7-12)24-10-23-14/h2-8H,9-10H2,1H3,(H2,18,19,20,21). The van der Waals surface area contributed by atoms with Crippen molar-refractivity contribution in [3.05, 3.63) is 54.2 Å². The van der Waals surface area contributed by atoms with Gasteiger partial charge in [-0.1, -0.05) is 0 Å². The maximum atomic E-state index is 5.39. The first-order valence-electron chi connectivity index (χ1n) is 7.55. The van der Waals surface area contributed by atoms with Crippen molar-refractivity contribution in [1.29, 1.82) is 0 Å². The van der Waals surface area contributed by atoms with Crippen LogP contribution in [0.1, 0.15) is 11.6 Å². The second kappa shape index (κ2) is 6.11. The lowest BCUT2D eigenvalue weighted by atomic mass is 10.3. The molecule has 4 rings (SSSR count). The Morgan fingerprint density at radius 1 is 1.04 bits per heavy atom. The fraction of sp³-hybridized carbons (Fsp3) is 0.176. The van der Waals surface area contributed by atoms with Crippen molar-refractivity contribution in [1.82, 2.24) is 9.97 Å². The van der Waals surface area contributed by atoms with Gasteiger partial charge in [0.05, 0.1) is 12.8 Å². The third-order valence-electron chi connectivity index (χ3n) is 3.51. The third-order valence-corrected chi connectivity index (χ3v) is 3.51. The molecule has 0 atom stereocenters. The van der Waals surface area contributed by atoms with E-state index in [0.29, 0.717) is 18.2 Å². The molecule has 0 unspecified atom stereocenters. The number of rotatable bonds is 5. The van der Waals surface area contributed by atoms with Gasteiger partial charge >= 0.3 is 0 Å². The van der Waals surface area contributed by atoms with Crippen LogP contribution in [0.5, 0.6) is 11.5 Å². The summed E-state index contributed by atoms with van der Waals surface area (Å²) in [5.41, 5.74) is 0.870. The van der Waals surface area contributed by atoms with Gasteiger partial charge in [-0.3, -0.25) is 0 Å². The molecule has 1 aromatic carbocycles. The number of hydrogen-bond donors (Lipinski definition) is 2. The Morgan fingerprint density at radius 2 is 1.92 bits per heavy atom. The lowest BCUT2D eigenvalue weighted by Crippen LogP contribution is -2.04. The van der Waals surface area contributed by atoms with Gasteiger partial charge in [-0.25, -0.2) is 9.97 Å². The molecule has 0 saturated carbocycles. The van der Waals surface area contributed by atoms with E-state index in [1.807, 2.05) is 43.3 Å². The molecule has 1 aliphatic rings. The van der Waals surface area contributed by atoms with Crippen LogP contribution in [0.15, 0.2) is 47.1 Å². The first-order valence-corrected chi connectivity index (χ1v) is 7.55. The van der Waals surface area contributed by atoms with E-state index in [0.717, 1.165) is 28.8 Å². The van der Waals surface area contributed by atoms with Gasteiger partial charge in [0.25, 0.3) is 0 Å². The Bertz CT molecular complexity index is 849. The zero-order valence-corrected chi connectivity index (χ0v) is 13.1. The van der Waals surface area contributed by atoms with Crippen LogP contribution in [0.2, 0.25) is 0 Å². The molecular formula is C17H16N4O3. The Kier molecular flexibility index (Phi) is 3.66. The highest BCUT2D eigenvalue weighted by Gasteiger charge is 2.13. The van der Waals surface area contributed by atoms with Crippen LogP contribution in [-0.4, -0.2) is 16.8 Å². The van der Waals surface area contributed by atoms with Gasteiger partial charge in [0.1, 0.15) is 23.2 Å². The van der Waals surface area contributed by atoms with Crippen LogP contribution < -0.4 is 20.1 Å². The minimum Gasteiger partial charge on any atom is -0.467 e. The van der Waals surface area contributed by atoms with E-state index in [2.05, 4.69) is 20.6 Å². The zero-order chi connectivity index (χ0) is 16.4. The minimum absolute atomic E-state index is 0.256. The largest absolute Gasteiger partial charge is 0.467 e. The van der Waals surface area contributed by atoms with Crippen LogP contribution in [0, 0.1) is 6.92 Å². The van der Waals surface area contributed by atoms with Crippen molar-refractivity contribution >= 4 is 17.3 Å². The number of aryl methyl sites for hydroxylation is 1. The predicted octanol–water partition coefficient (Wildman–Crippen LogP) is 3.46.